The zero-order valence-electron chi connectivity index (χ0n) is 10.3. The van der Waals surface area contributed by atoms with Crippen molar-refractivity contribution in [1.82, 2.24) is 14.9 Å². The number of carbonyl (C=O) groups is 1. The lowest BCUT2D eigenvalue weighted by Gasteiger charge is -2.23. The zero-order chi connectivity index (χ0) is 12.8. The van der Waals surface area contributed by atoms with Gasteiger partial charge in [0.1, 0.15) is 6.04 Å². The topological polar surface area (TPSA) is 58.1 Å². The van der Waals surface area contributed by atoms with Gasteiger partial charge in [-0.3, -0.25) is 4.79 Å². The van der Waals surface area contributed by atoms with Crippen LogP contribution in [0.15, 0.2) is 12.4 Å². The molecule has 1 atom stereocenters. The van der Waals surface area contributed by atoms with Crippen LogP contribution in [0.4, 0.5) is 5.82 Å². The maximum atomic E-state index is 12.0. The van der Waals surface area contributed by atoms with Crippen LogP contribution in [0.25, 0.3) is 0 Å². The van der Waals surface area contributed by atoms with E-state index in [4.69, 9.17) is 11.6 Å². The third-order valence-electron chi connectivity index (χ3n) is 2.45. The van der Waals surface area contributed by atoms with E-state index in [1.165, 1.54) is 12.4 Å². The molecule has 1 unspecified atom stereocenters. The maximum absolute atomic E-state index is 12.0. The number of amides is 1. The molecule has 0 spiro atoms. The fraction of sp³-hybridized carbons (Fsp3) is 0.545. The van der Waals surface area contributed by atoms with E-state index >= 15 is 0 Å². The quantitative estimate of drug-likeness (QED) is 0.873. The average Bonchev–Trinajstić information content (AvgIpc) is 2.33. The van der Waals surface area contributed by atoms with Crippen molar-refractivity contribution in [3.8, 4) is 0 Å². The predicted octanol–water partition coefficient (Wildman–Crippen LogP) is 1.80. The van der Waals surface area contributed by atoms with Crippen LogP contribution in [0, 0.1) is 0 Å². The summed E-state index contributed by atoms with van der Waals surface area (Å²) in [5, 5.41) is 3.23. The van der Waals surface area contributed by atoms with Gasteiger partial charge in [-0.15, -0.1) is 0 Å². The molecule has 0 aliphatic rings. The highest BCUT2D eigenvalue weighted by atomic mass is 35.5. The predicted molar refractivity (Wildman–Crippen MR) is 68.1 cm³/mol. The molecule has 1 aromatic heterocycles. The Hall–Kier alpha value is -1.36. The number of rotatable bonds is 5. The summed E-state index contributed by atoms with van der Waals surface area (Å²) in [5.74, 6) is 0.457. The van der Waals surface area contributed by atoms with Crippen LogP contribution in [-0.4, -0.2) is 39.9 Å². The van der Waals surface area contributed by atoms with E-state index in [-0.39, 0.29) is 17.1 Å². The van der Waals surface area contributed by atoms with Crippen molar-refractivity contribution in [2.24, 2.45) is 0 Å². The molecule has 0 bridgehead atoms. The molecule has 0 aliphatic carbocycles. The van der Waals surface area contributed by atoms with Gasteiger partial charge in [-0.25, -0.2) is 9.97 Å². The Bertz CT molecular complexity index is 381. The van der Waals surface area contributed by atoms with E-state index in [0.29, 0.717) is 18.9 Å². The first-order chi connectivity index (χ1) is 8.10. The minimum Gasteiger partial charge on any atom is -0.356 e. The number of nitrogens with zero attached hydrogens (tertiary/aromatic N) is 3. The molecule has 1 N–H and O–H groups in total. The van der Waals surface area contributed by atoms with Gasteiger partial charge in [-0.2, -0.15) is 0 Å². The van der Waals surface area contributed by atoms with Crippen LogP contribution in [0.5, 0.6) is 0 Å². The number of carbonyl (C=O) groups excluding carboxylic acids is 1. The Balaban J connectivity index is 2.69. The molecule has 1 aromatic rings. The van der Waals surface area contributed by atoms with Gasteiger partial charge in [0.2, 0.25) is 5.91 Å². The molecule has 0 aliphatic heterocycles. The molecule has 1 rings (SSSR count). The smallest absolute Gasteiger partial charge is 0.244 e. The van der Waals surface area contributed by atoms with Gasteiger partial charge in [-0.05, 0) is 20.8 Å². The number of nitrogens with one attached hydrogen (secondary N) is 1. The number of anilines is 1. The summed E-state index contributed by atoms with van der Waals surface area (Å²) in [5.41, 5.74) is 0. The monoisotopic (exact) mass is 256 g/mol. The van der Waals surface area contributed by atoms with Crippen LogP contribution in [0.2, 0.25) is 5.15 Å². The summed E-state index contributed by atoms with van der Waals surface area (Å²) >= 11 is 5.86. The van der Waals surface area contributed by atoms with E-state index in [2.05, 4.69) is 15.3 Å². The number of likely N-dealkylation sites (N-methyl/N-ethyl adjacent to an activating group) is 1. The molecule has 0 saturated heterocycles. The van der Waals surface area contributed by atoms with Crippen molar-refractivity contribution >= 4 is 23.3 Å². The van der Waals surface area contributed by atoms with Crippen LogP contribution < -0.4 is 5.32 Å². The molecule has 5 nitrogen and oxygen atoms in total. The summed E-state index contributed by atoms with van der Waals surface area (Å²) in [6.45, 7) is 7.06. The van der Waals surface area contributed by atoms with E-state index in [9.17, 15) is 4.79 Å². The second-order valence-electron chi connectivity index (χ2n) is 3.57. The largest absolute Gasteiger partial charge is 0.356 e. The number of hydrogen-bond donors (Lipinski definition) is 1. The Morgan fingerprint density at radius 1 is 1.41 bits per heavy atom. The van der Waals surface area contributed by atoms with Gasteiger partial charge in [0.15, 0.2) is 11.0 Å². The lowest BCUT2D eigenvalue weighted by Crippen LogP contribution is -2.41. The summed E-state index contributed by atoms with van der Waals surface area (Å²) in [6.07, 6.45) is 3.03. The molecular formula is C11H17ClN4O. The molecular weight excluding hydrogens is 240 g/mol. The molecule has 0 fully saturated rings. The highest BCUT2D eigenvalue weighted by Crippen LogP contribution is 2.15. The highest BCUT2D eigenvalue weighted by molar-refractivity contribution is 6.31. The van der Waals surface area contributed by atoms with E-state index < -0.39 is 0 Å². The standard InChI is InChI=1S/C11H17ClN4O/c1-4-16(5-2)11(17)8(3)15-10-9(12)13-6-7-14-10/h6-8H,4-5H2,1-3H3,(H,14,15). The summed E-state index contributed by atoms with van der Waals surface area (Å²) in [4.78, 5) is 21.7. The fourth-order valence-electron chi connectivity index (χ4n) is 1.49. The van der Waals surface area contributed by atoms with Gasteiger partial charge in [-0.1, -0.05) is 11.6 Å². The molecule has 17 heavy (non-hydrogen) atoms. The third kappa shape index (κ3) is 3.56. The van der Waals surface area contributed by atoms with Crippen molar-refractivity contribution in [2.45, 2.75) is 26.8 Å². The van der Waals surface area contributed by atoms with Gasteiger partial charge in [0.05, 0.1) is 0 Å². The molecule has 1 heterocycles. The maximum Gasteiger partial charge on any atom is 0.244 e. The van der Waals surface area contributed by atoms with E-state index in [1.807, 2.05) is 13.8 Å². The van der Waals surface area contributed by atoms with Gasteiger partial charge >= 0.3 is 0 Å². The van der Waals surface area contributed by atoms with Crippen molar-refractivity contribution < 1.29 is 4.79 Å². The number of hydrogen-bond acceptors (Lipinski definition) is 4. The summed E-state index contributed by atoms with van der Waals surface area (Å²) in [6, 6.07) is -0.371. The van der Waals surface area contributed by atoms with Gasteiger partial charge in [0, 0.05) is 25.5 Å². The van der Waals surface area contributed by atoms with E-state index in [1.54, 1.807) is 11.8 Å². The Morgan fingerprint density at radius 3 is 2.53 bits per heavy atom. The Kier molecular flexibility index (Phi) is 5.15. The molecule has 1 amide bonds. The van der Waals surface area contributed by atoms with Crippen LogP contribution in [-0.2, 0) is 4.79 Å². The first-order valence-corrected chi connectivity index (χ1v) is 5.99. The minimum absolute atomic E-state index is 0.0247. The third-order valence-corrected chi connectivity index (χ3v) is 2.73. The van der Waals surface area contributed by atoms with Crippen molar-refractivity contribution in [3.63, 3.8) is 0 Å². The van der Waals surface area contributed by atoms with Gasteiger partial charge in [0.25, 0.3) is 0 Å². The molecule has 6 heteroatoms. The SMILES string of the molecule is CCN(CC)C(=O)C(C)Nc1nccnc1Cl. The molecule has 0 saturated carbocycles. The normalized spacial score (nSPS) is 12.0. The number of halogens is 1. The second-order valence-corrected chi connectivity index (χ2v) is 3.93. The van der Waals surface area contributed by atoms with E-state index in [0.717, 1.165) is 0 Å². The highest BCUT2D eigenvalue weighted by Gasteiger charge is 2.19. The first kappa shape index (κ1) is 13.7. The van der Waals surface area contributed by atoms with Crippen molar-refractivity contribution in [1.29, 1.82) is 0 Å². The van der Waals surface area contributed by atoms with Crippen LogP contribution in [0.1, 0.15) is 20.8 Å². The molecule has 0 radical (unpaired) electrons. The lowest BCUT2D eigenvalue weighted by molar-refractivity contribution is -0.131. The van der Waals surface area contributed by atoms with Crippen LogP contribution >= 0.6 is 11.6 Å². The van der Waals surface area contributed by atoms with Crippen molar-refractivity contribution in [3.05, 3.63) is 17.5 Å². The first-order valence-electron chi connectivity index (χ1n) is 5.62. The fourth-order valence-corrected chi connectivity index (χ4v) is 1.65. The minimum atomic E-state index is -0.371. The lowest BCUT2D eigenvalue weighted by atomic mass is 10.3. The van der Waals surface area contributed by atoms with Crippen LogP contribution in [0.3, 0.4) is 0 Å². The molecule has 0 aromatic carbocycles. The van der Waals surface area contributed by atoms with Crippen molar-refractivity contribution in [2.75, 3.05) is 18.4 Å². The van der Waals surface area contributed by atoms with Gasteiger partial charge < -0.3 is 10.2 Å². The number of aromatic nitrogens is 2. The summed E-state index contributed by atoms with van der Waals surface area (Å²) in [7, 11) is 0. The average molecular weight is 257 g/mol. The zero-order valence-corrected chi connectivity index (χ0v) is 11.0. The second kappa shape index (κ2) is 6.39. The Labute approximate surface area is 106 Å². The Morgan fingerprint density at radius 2 is 2.00 bits per heavy atom. The molecule has 94 valence electrons. The summed E-state index contributed by atoms with van der Waals surface area (Å²) < 4.78 is 0.